The quantitative estimate of drug-likeness (QED) is 0.790. The van der Waals surface area contributed by atoms with Crippen molar-refractivity contribution in [3.05, 3.63) is 59.2 Å². The van der Waals surface area contributed by atoms with Gasteiger partial charge in [-0.1, -0.05) is 23.8 Å². The lowest BCUT2D eigenvalue weighted by atomic mass is 10.1. The molecular formula is C18H20O4S. The Bertz CT molecular complexity index is 794. The molecule has 0 radical (unpaired) electrons. The summed E-state index contributed by atoms with van der Waals surface area (Å²) >= 11 is 0. The number of ether oxygens (including phenoxy) is 1. The van der Waals surface area contributed by atoms with Gasteiger partial charge in [-0.05, 0) is 61.1 Å². The molecule has 0 saturated carbocycles. The van der Waals surface area contributed by atoms with Gasteiger partial charge in [-0.25, -0.2) is 0 Å². The van der Waals surface area contributed by atoms with Gasteiger partial charge in [0.15, 0.2) is 0 Å². The van der Waals surface area contributed by atoms with Crippen LogP contribution < -0.4 is 4.74 Å². The molecule has 1 unspecified atom stereocenters. The van der Waals surface area contributed by atoms with Crippen molar-refractivity contribution in [2.75, 3.05) is 13.7 Å². The van der Waals surface area contributed by atoms with Crippen LogP contribution in [0.15, 0.2) is 47.4 Å². The van der Waals surface area contributed by atoms with Crippen LogP contribution in [0.2, 0.25) is 0 Å². The highest BCUT2D eigenvalue weighted by Crippen LogP contribution is 2.30. The standard InChI is InChI=1S/C18H20O4S/c1-13-3-7-18(8-4-13)23(19,20)22-12-14-9-15-5-6-17(21-2)11-16(15)10-14/h3-8,11,14H,9-10,12H2,1-2H3. The van der Waals surface area contributed by atoms with Crippen LogP contribution in [-0.2, 0) is 27.1 Å². The molecule has 0 heterocycles. The van der Waals surface area contributed by atoms with E-state index in [2.05, 4.69) is 0 Å². The average Bonchev–Trinajstić information content (AvgIpc) is 2.95. The first kappa shape index (κ1) is 16.0. The van der Waals surface area contributed by atoms with Gasteiger partial charge in [0, 0.05) is 0 Å². The van der Waals surface area contributed by atoms with E-state index in [1.165, 1.54) is 11.1 Å². The minimum Gasteiger partial charge on any atom is -0.497 e. The first-order valence-corrected chi connectivity index (χ1v) is 9.00. The highest BCUT2D eigenvalue weighted by molar-refractivity contribution is 7.86. The van der Waals surface area contributed by atoms with Crippen LogP contribution in [0, 0.1) is 12.8 Å². The molecule has 0 amide bonds. The third-order valence-corrected chi connectivity index (χ3v) is 5.50. The molecule has 1 aliphatic rings. The van der Waals surface area contributed by atoms with Crippen molar-refractivity contribution >= 4 is 10.1 Å². The maximum atomic E-state index is 12.2. The van der Waals surface area contributed by atoms with Crippen LogP contribution in [-0.4, -0.2) is 22.1 Å². The molecule has 4 nitrogen and oxygen atoms in total. The lowest BCUT2D eigenvalue weighted by Crippen LogP contribution is -2.15. The van der Waals surface area contributed by atoms with E-state index in [-0.39, 0.29) is 17.4 Å². The summed E-state index contributed by atoms with van der Waals surface area (Å²) in [7, 11) is -2.05. The largest absolute Gasteiger partial charge is 0.497 e. The van der Waals surface area contributed by atoms with Crippen LogP contribution in [0.3, 0.4) is 0 Å². The predicted octanol–water partition coefficient (Wildman–Crippen LogP) is 3.12. The Morgan fingerprint density at radius 2 is 1.74 bits per heavy atom. The first-order valence-electron chi connectivity index (χ1n) is 7.60. The maximum absolute atomic E-state index is 12.2. The van der Waals surface area contributed by atoms with E-state index in [0.29, 0.717) is 0 Å². The second-order valence-corrected chi connectivity index (χ2v) is 7.58. The second-order valence-electron chi connectivity index (χ2n) is 5.96. The molecule has 2 aromatic rings. The van der Waals surface area contributed by atoms with Gasteiger partial charge in [0.2, 0.25) is 0 Å². The van der Waals surface area contributed by atoms with E-state index in [0.717, 1.165) is 24.2 Å². The molecule has 122 valence electrons. The molecule has 0 spiro atoms. The molecule has 0 fully saturated rings. The van der Waals surface area contributed by atoms with E-state index >= 15 is 0 Å². The summed E-state index contributed by atoms with van der Waals surface area (Å²) in [6, 6.07) is 12.7. The predicted molar refractivity (Wildman–Crippen MR) is 88.2 cm³/mol. The van der Waals surface area contributed by atoms with Crippen LogP contribution in [0.5, 0.6) is 5.75 Å². The molecule has 1 atom stereocenters. The molecule has 0 aromatic heterocycles. The Labute approximate surface area is 137 Å². The van der Waals surface area contributed by atoms with Crippen molar-refractivity contribution in [3.63, 3.8) is 0 Å². The number of benzene rings is 2. The van der Waals surface area contributed by atoms with Crippen molar-refractivity contribution < 1.29 is 17.3 Å². The lowest BCUT2D eigenvalue weighted by molar-refractivity contribution is 0.259. The second kappa shape index (κ2) is 6.34. The van der Waals surface area contributed by atoms with E-state index in [1.807, 2.05) is 25.1 Å². The Balaban J connectivity index is 1.64. The Morgan fingerprint density at radius 1 is 1.04 bits per heavy atom. The van der Waals surface area contributed by atoms with E-state index in [1.54, 1.807) is 31.4 Å². The van der Waals surface area contributed by atoms with Gasteiger partial charge in [-0.2, -0.15) is 8.42 Å². The first-order chi connectivity index (χ1) is 11.0. The Kier molecular flexibility index (Phi) is 4.41. The van der Waals surface area contributed by atoms with Crippen LogP contribution >= 0.6 is 0 Å². The van der Waals surface area contributed by atoms with Gasteiger partial charge in [0.1, 0.15) is 5.75 Å². The summed E-state index contributed by atoms with van der Waals surface area (Å²) in [5, 5.41) is 0. The van der Waals surface area contributed by atoms with Gasteiger partial charge in [-0.3, -0.25) is 4.18 Å². The van der Waals surface area contributed by atoms with Crippen LogP contribution in [0.4, 0.5) is 0 Å². The third kappa shape index (κ3) is 3.57. The summed E-state index contributed by atoms with van der Waals surface area (Å²) in [5.41, 5.74) is 3.47. The zero-order valence-corrected chi connectivity index (χ0v) is 14.1. The van der Waals surface area contributed by atoms with Crippen molar-refractivity contribution in [1.82, 2.24) is 0 Å². The van der Waals surface area contributed by atoms with E-state index in [9.17, 15) is 8.42 Å². The molecule has 1 aliphatic carbocycles. The fraction of sp³-hybridized carbons (Fsp3) is 0.333. The number of rotatable bonds is 5. The molecule has 0 bridgehead atoms. The summed E-state index contributed by atoms with van der Waals surface area (Å²) < 4.78 is 35.0. The van der Waals surface area contributed by atoms with E-state index in [4.69, 9.17) is 8.92 Å². The fourth-order valence-corrected chi connectivity index (χ4v) is 3.87. The molecule has 0 saturated heterocycles. The average molecular weight is 332 g/mol. The van der Waals surface area contributed by atoms with E-state index < -0.39 is 10.1 Å². The smallest absolute Gasteiger partial charge is 0.296 e. The molecule has 0 N–H and O–H groups in total. The topological polar surface area (TPSA) is 52.6 Å². The zero-order valence-electron chi connectivity index (χ0n) is 13.3. The molecular weight excluding hydrogens is 312 g/mol. The monoisotopic (exact) mass is 332 g/mol. The van der Waals surface area contributed by atoms with Crippen molar-refractivity contribution in [2.45, 2.75) is 24.7 Å². The minimum absolute atomic E-state index is 0.178. The summed E-state index contributed by atoms with van der Waals surface area (Å²) in [6.07, 6.45) is 1.65. The number of hydrogen-bond donors (Lipinski definition) is 0. The summed E-state index contributed by atoms with van der Waals surface area (Å²) in [5.74, 6) is 1.01. The number of methoxy groups -OCH3 is 1. The number of aryl methyl sites for hydroxylation is 1. The third-order valence-electron chi connectivity index (χ3n) is 4.20. The summed E-state index contributed by atoms with van der Waals surface area (Å²) in [6.45, 7) is 2.12. The molecule has 2 aromatic carbocycles. The van der Waals surface area contributed by atoms with Crippen molar-refractivity contribution in [3.8, 4) is 5.75 Å². The summed E-state index contributed by atoms with van der Waals surface area (Å²) in [4.78, 5) is 0.209. The highest BCUT2D eigenvalue weighted by atomic mass is 32.2. The van der Waals surface area contributed by atoms with Crippen LogP contribution in [0.1, 0.15) is 16.7 Å². The van der Waals surface area contributed by atoms with Crippen molar-refractivity contribution in [2.24, 2.45) is 5.92 Å². The molecule has 3 rings (SSSR count). The van der Waals surface area contributed by atoms with Gasteiger partial charge in [-0.15, -0.1) is 0 Å². The van der Waals surface area contributed by atoms with Gasteiger partial charge in [0.25, 0.3) is 10.1 Å². The number of fused-ring (bicyclic) bond motifs is 1. The molecule has 0 aliphatic heterocycles. The van der Waals surface area contributed by atoms with Gasteiger partial charge >= 0.3 is 0 Å². The van der Waals surface area contributed by atoms with Crippen LogP contribution in [0.25, 0.3) is 0 Å². The molecule has 23 heavy (non-hydrogen) atoms. The molecule has 5 heteroatoms. The van der Waals surface area contributed by atoms with Gasteiger partial charge < -0.3 is 4.74 Å². The fourth-order valence-electron chi connectivity index (χ4n) is 2.89. The number of hydrogen-bond acceptors (Lipinski definition) is 4. The lowest BCUT2D eigenvalue weighted by Gasteiger charge is -2.10. The SMILES string of the molecule is COc1ccc2c(c1)CC(COS(=O)(=O)c1ccc(C)cc1)C2. The Hall–Kier alpha value is -1.85. The zero-order chi connectivity index (χ0) is 16.4. The maximum Gasteiger partial charge on any atom is 0.296 e. The van der Waals surface area contributed by atoms with Gasteiger partial charge in [0.05, 0.1) is 18.6 Å². The minimum atomic E-state index is -3.69. The Morgan fingerprint density at radius 3 is 2.43 bits per heavy atom. The normalized spacial score (nSPS) is 17.0. The van der Waals surface area contributed by atoms with Crippen molar-refractivity contribution in [1.29, 1.82) is 0 Å². The highest BCUT2D eigenvalue weighted by Gasteiger charge is 2.25.